The summed E-state index contributed by atoms with van der Waals surface area (Å²) in [5.74, 6) is 0.391. The minimum absolute atomic E-state index is 0.0483. The van der Waals surface area contributed by atoms with Gasteiger partial charge < -0.3 is 10.1 Å². The molecule has 0 radical (unpaired) electrons. The zero-order chi connectivity index (χ0) is 12.1. The van der Waals surface area contributed by atoms with Gasteiger partial charge in [-0.25, -0.2) is 9.97 Å². The number of nitrogens with one attached hydrogen (secondary N) is 1. The number of nitrogens with zero attached hydrogens (tertiary/aromatic N) is 2. The first-order valence-corrected chi connectivity index (χ1v) is 6.42. The third kappa shape index (κ3) is 4.05. The zero-order valence-electron chi connectivity index (χ0n) is 9.36. The van der Waals surface area contributed by atoms with Gasteiger partial charge in [-0.2, -0.15) is 0 Å². The number of aromatic nitrogens is 2. The summed E-state index contributed by atoms with van der Waals surface area (Å²) in [5, 5.41) is 2.70. The van der Waals surface area contributed by atoms with E-state index in [2.05, 4.69) is 31.2 Å². The van der Waals surface area contributed by atoms with Crippen molar-refractivity contribution in [2.24, 2.45) is 0 Å². The van der Waals surface area contributed by atoms with Crippen molar-refractivity contribution in [3.63, 3.8) is 0 Å². The minimum atomic E-state index is -0.0754. The molecule has 5 nitrogen and oxygen atoms in total. The van der Waals surface area contributed by atoms with Crippen LogP contribution in [0, 0.1) is 0 Å². The van der Waals surface area contributed by atoms with Crippen molar-refractivity contribution < 1.29 is 9.53 Å². The van der Waals surface area contributed by atoms with Crippen LogP contribution in [-0.2, 0) is 9.53 Å². The van der Waals surface area contributed by atoms with Gasteiger partial charge in [0.1, 0.15) is 4.60 Å². The standard InChI is InChI=1S/C11H14BrN3O2/c12-9-6-14-10(7-13-9)15-11(16)5-8-3-1-2-4-17-8/h6-8H,1-5H2,(H,14,15,16). The first-order valence-electron chi connectivity index (χ1n) is 5.63. The molecule has 0 aromatic carbocycles. The lowest BCUT2D eigenvalue weighted by molar-refractivity contribution is -0.119. The molecule has 1 aromatic rings. The maximum Gasteiger partial charge on any atom is 0.228 e. The van der Waals surface area contributed by atoms with Gasteiger partial charge in [0, 0.05) is 6.61 Å². The molecule has 0 bridgehead atoms. The molecule has 1 aliphatic heterocycles. The van der Waals surface area contributed by atoms with Crippen LogP contribution < -0.4 is 5.32 Å². The molecule has 1 aromatic heterocycles. The molecule has 6 heteroatoms. The number of hydrogen-bond acceptors (Lipinski definition) is 4. The molecule has 1 saturated heterocycles. The van der Waals surface area contributed by atoms with E-state index in [0.29, 0.717) is 16.8 Å². The Balaban J connectivity index is 1.82. The zero-order valence-corrected chi connectivity index (χ0v) is 10.9. The first kappa shape index (κ1) is 12.4. The molecule has 2 rings (SSSR count). The van der Waals surface area contributed by atoms with Crippen molar-refractivity contribution in [2.75, 3.05) is 11.9 Å². The van der Waals surface area contributed by atoms with Crippen molar-refractivity contribution in [3.8, 4) is 0 Å². The lowest BCUT2D eigenvalue weighted by Crippen LogP contribution is -2.25. The van der Waals surface area contributed by atoms with Gasteiger partial charge in [-0.1, -0.05) is 0 Å². The van der Waals surface area contributed by atoms with E-state index in [4.69, 9.17) is 4.74 Å². The third-order valence-electron chi connectivity index (χ3n) is 2.57. The van der Waals surface area contributed by atoms with E-state index in [1.807, 2.05) is 0 Å². The van der Waals surface area contributed by atoms with E-state index in [-0.39, 0.29) is 12.0 Å². The predicted molar refractivity (Wildman–Crippen MR) is 66.6 cm³/mol. The van der Waals surface area contributed by atoms with E-state index < -0.39 is 0 Å². The summed E-state index contributed by atoms with van der Waals surface area (Å²) in [6.07, 6.45) is 6.69. The molecule has 1 fully saturated rings. The second kappa shape index (κ2) is 6.07. The smallest absolute Gasteiger partial charge is 0.228 e. The number of hydrogen-bond donors (Lipinski definition) is 1. The Bertz CT molecular complexity index is 377. The van der Waals surface area contributed by atoms with Crippen LogP contribution in [0.25, 0.3) is 0 Å². The SMILES string of the molecule is O=C(CC1CCCCO1)Nc1cnc(Br)cn1. The molecular formula is C11H14BrN3O2. The van der Waals surface area contributed by atoms with Crippen molar-refractivity contribution in [1.82, 2.24) is 9.97 Å². The maximum atomic E-state index is 11.7. The van der Waals surface area contributed by atoms with Crippen LogP contribution >= 0.6 is 15.9 Å². The van der Waals surface area contributed by atoms with Gasteiger partial charge in [-0.15, -0.1) is 0 Å². The van der Waals surface area contributed by atoms with Gasteiger partial charge in [0.2, 0.25) is 5.91 Å². The average Bonchev–Trinajstić information content (AvgIpc) is 2.33. The van der Waals surface area contributed by atoms with E-state index in [1.165, 1.54) is 6.20 Å². The van der Waals surface area contributed by atoms with Gasteiger partial charge in [0.25, 0.3) is 0 Å². The molecule has 17 heavy (non-hydrogen) atoms. The summed E-state index contributed by atoms with van der Waals surface area (Å²) in [6.45, 7) is 0.760. The van der Waals surface area contributed by atoms with Crippen LogP contribution in [-0.4, -0.2) is 28.6 Å². The number of carbonyl (C=O) groups excluding carboxylic acids is 1. The molecule has 2 heterocycles. The van der Waals surface area contributed by atoms with E-state index in [0.717, 1.165) is 25.9 Å². The van der Waals surface area contributed by atoms with E-state index >= 15 is 0 Å². The highest BCUT2D eigenvalue weighted by molar-refractivity contribution is 9.10. The third-order valence-corrected chi connectivity index (χ3v) is 2.98. The summed E-state index contributed by atoms with van der Waals surface area (Å²) in [6, 6.07) is 0. The number of ether oxygens (including phenoxy) is 1. The molecule has 1 atom stereocenters. The quantitative estimate of drug-likeness (QED) is 0.929. The van der Waals surface area contributed by atoms with E-state index in [1.54, 1.807) is 6.20 Å². The average molecular weight is 300 g/mol. The maximum absolute atomic E-state index is 11.7. The van der Waals surface area contributed by atoms with Gasteiger partial charge >= 0.3 is 0 Å². The molecule has 1 unspecified atom stereocenters. The molecule has 1 N–H and O–H groups in total. The minimum Gasteiger partial charge on any atom is -0.378 e. The lowest BCUT2D eigenvalue weighted by atomic mass is 10.1. The Hall–Kier alpha value is -1.01. The van der Waals surface area contributed by atoms with Crippen molar-refractivity contribution in [3.05, 3.63) is 17.0 Å². The van der Waals surface area contributed by atoms with Crippen molar-refractivity contribution in [1.29, 1.82) is 0 Å². The second-order valence-corrected chi connectivity index (χ2v) is 4.78. The molecular weight excluding hydrogens is 286 g/mol. The number of amides is 1. The van der Waals surface area contributed by atoms with Crippen molar-refractivity contribution in [2.45, 2.75) is 31.8 Å². The lowest BCUT2D eigenvalue weighted by Gasteiger charge is -2.21. The summed E-state index contributed by atoms with van der Waals surface area (Å²) in [7, 11) is 0. The summed E-state index contributed by atoms with van der Waals surface area (Å²) >= 11 is 3.18. The fourth-order valence-corrected chi connectivity index (χ4v) is 1.95. The van der Waals surface area contributed by atoms with Crippen LogP contribution in [0.1, 0.15) is 25.7 Å². The highest BCUT2D eigenvalue weighted by Gasteiger charge is 2.17. The Kier molecular flexibility index (Phi) is 4.44. The Morgan fingerprint density at radius 1 is 1.47 bits per heavy atom. The molecule has 92 valence electrons. The summed E-state index contributed by atoms with van der Waals surface area (Å²) in [5.41, 5.74) is 0. The highest BCUT2D eigenvalue weighted by Crippen LogP contribution is 2.16. The number of carbonyl (C=O) groups is 1. The van der Waals surface area contributed by atoms with Crippen LogP contribution in [0.5, 0.6) is 0 Å². The van der Waals surface area contributed by atoms with Gasteiger partial charge in [0.15, 0.2) is 5.82 Å². The van der Waals surface area contributed by atoms with Gasteiger partial charge in [-0.05, 0) is 35.2 Å². The number of anilines is 1. The van der Waals surface area contributed by atoms with Crippen LogP contribution in [0.3, 0.4) is 0 Å². The molecule has 1 amide bonds. The predicted octanol–water partition coefficient (Wildman–Crippen LogP) is 2.14. The Morgan fingerprint density at radius 3 is 3.00 bits per heavy atom. The topological polar surface area (TPSA) is 64.1 Å². The highest BCUT2D eigenvalue weighted by atomic mass is 79.9. The number of halogens is 1. The van der Waals surface area contributed by atoms with Crippen LogP contribution in [0.15, 0.2) is 17.0 Å². The van der Waals surface area contributed by atoms with Gasteiger partial charge in [0.05, 0.1) is 24.9 Å². The normalized spacial score (nSPS) is 19.9. The molecule has 0 spiro atoms. The van der Waals surface area contributed by atoms with Gasteiger partial charge in [-0.3, -0.25) is 4.79 Å². The Labute approximate surface area is 108 Å². The van der Waals surface area contributed by atoms with E-state index in [9.17, 15) is 4.79 Å². The first-order chi connectivity index (χ1) is 8.24. The van der Waals surface area contributed by atoms with Crippen LogP contribution in [0.4, 0.5) is 5.82 Å². The van der Waals surface area contributed by atoms with Crippen LogP contribution in [0.2, 0.25) is 0 Å². The second-order valence-electron chi connectivity index (χ2n) is 3.97. The molecule has 1 aliphatic rings. The fourth-order valence-electron chi connectivity index (χ4n) is 1.75. The summed E-state index contributed by atoms with van der Waals surface area (Å²) < 4.78 is 6.15. The van der Waals surface area contributed by atoms with Crippen molar-refractivity contribution >= 4 is 27.7 Å². The monoisotopic (exact) mass is 299 g/mol. The Morgan fingerprint density at radius 2 is 2.35 bits per heavy atom. The molecule has 0 aliphatic carbocycles. The fraction of sp³-hybridized carbons (Fsp3) is 0.545. The largest absolute Gasteiger partial charge is 0.378 e. The number of rotatable bonds is 3. The molecule has 0 saturated carbocycles. The summed E-state index contributed by atoms with van der Waals surface area (Å²) in [4.78, 5) is 19.7.